The molecule has 31 heavy (non-hydrogen) atoms. The molecule has 1 rings (SSSR count). The van der Waals surface area contributed by atoms with Crippen LogP contribution in [0.1, 0.15) is 75.2 Å². The zero-order valence-electron chi connectivity index (χ0n) is 21.3. The van der Waals surface area contributed by atoms with Gasteiger partial charge in [0, 0.05) is 30.7 Å². The maximum absolute atomic E-state index is 12.8. The molecule has 0 radical (unpaired) electrons. The van der Waals surface area contributed by atoms with Crippen LogP contribution in [-0.2, 0) is 19.1 Å². The van der Waals surface area contributed by atoms with Gasteiger partial charge in [-0.1, -0.05) is 55.1 Å². The van der Waals surface area contributed by atoms with Crippen LogP contribution in [0.5, 0.6) is 0 Å². The van der Waals surface area contributed by atoms with Gasteiger partial charge in [0.15, 0.2) is 0 Å². The molecule has 0 fully saturated rings. The predicted octanol–water partition coefficient (Wildman–Crippen LogP) is 4.19. The van der Waals surface area contributed by atoms with Crippen molar-refractivity contribution in [1.82, 2.24) is 10.2 Å². The third kappa shape index (κ3) is 11.2. The Bertz CT molecular complexity index is 643. The second-order valence-electron chi connectivity index (χ2n) is 11.4. The summed E-state index contributed by atoms with van der Waals surface area (Å²) < 4.78 is 6.01. The first-order valence-corrected chi connectivity index (χ1v) is 12.1. The van der Waals surface area contributed by atoms with Gasteiger partial charge in [0.1, 0.15) is 0 Å². The molecule has 7 heteroatoms. The number of ether oxygens (including phenoxy) is 1. The summed E-state index contributed by atoms with van der Waals surface area (Å²) in [5.74, 6) is -0.611. The van der Waals surface area contributed by atoms with Crippen LogP contribution in [-0.4, -0.2) is 54.6 Å². The standard InChI is InChI=1S/C23H40N2O4.CH5P/c1-20(2,3)16-29-23(8,9)12-13-24-19(28)22(6,7)14-21(4,5)15-25-17(26)10-11-18(25)27;1-2/h10-11H,12-16H2,1-9H3,(H,24,28);2H2,1H3. The topological polar surface area (TPSA) is 75.7 Å². The third-order valence-corrected chi connectivity index (χ3v) is 4.93. The van der Waals surface area contributed by atoms with Gasteiger partial charge in [-0.15, -0.1) is 9.24 Å². The average molecular weight is 457 g/mol. The van der Waals surface area contributed by atoms with Crippen molar-refractivity contribution < 1.29 is 19.1 Å². The summed E-state index contributed by atoms with van der Waals surface area (Å²) in [6.07, 6.45) is 3.85. The molecule has 1 atom stereocenters. The fraction of sp³-hybridized carbons (Fsp3) is 0.792. The molecule has 1 heterocycles. The number of rotatable bonds is 10. The lowest BCUT2D eigenvalue weighted by molar-refractivity contribution is -0.139. The summed E-state index contributed by atoms with van der Waals surface area (Å²) in [5, 5.41) is 3.03. The van der Waals surface area contributed by atoms with Gasteiger partial charge in [-0.3, -0.25) is 19.3 Å². The van der Waals surface area contributed by atoms with E-state index in [0.717, 1.165) is 6.42 Å². The number of carbonyl (C=O) groups excluding carboxylic acids is 3. The molecule has 6 nitrogen and oxygen atoms in total. The SMILES string of the molecule is CC(C)(C)COC(C)(C)CCNC(=O)C(C)(C)CC(C)(C)CN1C(=O)C=CC1=O.CP. The molecule has 0 saturated carbocycles. The highest BCUT2D eigenvalue weighted by molar-refractivity contribution is 7.15. The largest absolute Gasteiger partial charge is 0.375 e. The first-order valence-electron chi connectivity index (χ1n) is 11.0. The van der Waals surface area contributed by atoms with Crippen LogP contribution in [0.3, 0.4) is 0 Å². The van der Waals surface area contributed by atoms with Crippen LogP contribution >= 0.6 is 9.24 Å². The predicted molar refractivity (Wildman–Crippen MR) is 131 cm³/mol. The number of carbonyl (C=O) groups is 3. The van der Waals surface area contributed by atoms with Crippen molar-refractivity contribution in [3.63, 3.8) is 0 Å². The highest BCUT2D eigenvalue weighted by Gasteiger charge is 2.38. The van der Waals surface area contributed by atoms with Crippen LogP contribution in [0.4, 0.5) is 0 Å². The summed E-state index contributed by atoms with van der Waals surface area (Å²) in [6.45, 7) is 21.6. The van der Waals surface area contributed by atoms with Crippen LogP contribution in [0, 0.1) is 16.2 Å². The zero-order chi connectivity index (χ0) is 24.7. The Kier molecular flexibility index (Phi) is 11.1. The van der Waals surface area contributed by atoms with Gasteiger partial charge in [0.05, 0.1) is 12.2 Å². The molecule has 3 amide bonds. The van der Waals surface area contributed by atoms with Gasteiger partial charge < -0.3 is 10.1 Å². The van der Waals surface area contributed by atoms with Crippen molar-refractivity contribution in [2.24, 2.45) is 16.2 Å². The van der Waals surface area contributed by atoms with Crippen molar-refractivity contribution >= 4 is 27.0 Å². The molecule has 0 aliphatic carbocycles. The highest BCUT2D eigenvalue weighted by Crippen LogP contribution is 2.35. The first-order chi connectivity index (χ1) is 13.9. The molecule has 1 N–H and O–H groups in total. The average Bonchev–Trinajstić information content (AvgIpc) is 2.91. The smallest absolute Gasteiger partial charge is 0.253 e. The van der Waals surface area contributed by atoms with Crippen molar-refractivity contribution in [3.8, 4) is 0 Å². The molecule has 0 bridgehead atoms. The summed E-state index contributed by atoms with van der Waals surface area (Å²) in [4.78, 5) is 37.7. The van der Waals surface area contributed by atoms with Crippen molar-refractivity contribution in [2.45, 2.75) is 80.8 Å². The number of amides is 3. The molecular weight excluding hydrogens is 411 g/mol. The Labute approximate surface area is 192 Å². The van der Waals surface area contributed by atoms with Gasteiger partial charge in [-0.05, 0) is 37.5 Å². The Balaban J connectivity index is 0.00000436. The summed E-state index contributed by atoms with van der Waals surface area (Å²) in [6, 6.07) is 0. The van der Waals surface area contributed by atoms with Crippen molar-refractivity contribution in [1.29, 1.82) is 0 Å². The second-order valence-corrected chi connectivity index (χ2v) is 11.4. The van der Waals surface area contributed by atoms with E-state index in [-0.39, 0.29) is 34.2 Å². The van der Waals surface area contributed by atoms with E-state index < -0.39 is 5.41 Å². The lowest BCUT2D eigenvalue weighted by atomic mass is 9.74. The number of imide groups is 1. The number of nitrogens with zero attached hydrogens (tertiary/aromatic N) is 1. The molecule has 1 aliphatic rings. The van der Waals surface area contributed by atoms with E-state index in [0.29, 0.717) is 26.1 Å². The number of hydrogen-bond donors (Lipinski definition) is 1. The lowest BCUT2D eigenvalue weighted by Gasteiger charge is -2.36. The minimum absolute atomic E-state index is 0.0330. The molecule has 0 spiro atoms. The van der Waals surface area contributed by atoms with Crippen molar-refractivity contribution in [2.75, 3.05) is 26.4 Å². The Morgan fingerprint density at radius 3 is 1.90 bits per heavy atom. The third-order valence-electron chi connectivity index (χ3n) is 4.93. The Morgan fingerprint density at radius 1 is 0.968 bits per heavy atom. The monoisotopic (exact) mass is 456 g/mol. The van der Waals surface area contributed by atoms with Crippen LogP contribution in [0.15, 0.2) is 12.2 Å². The number of nitrogens with one attached hydrogen (secondary N) is 1. The minimum Gasteiger partial charge on any atom is -0.375 e. The fourth-order valence-electron chi connectivity index (χ4n) is 3.55. The van der Waals surface area contributed by atoms with E-state index in [2.05, 4.69) is 35.3 Å². The van der Waals surface area contributed by atoms with E-state index in [9.17, 15) is 14.4 Å². The van der Waals surface area contributed by atoms with E-state index in [1.54, 1.807) is 0 Å². The van der Waals surface area contributed by atoms with E-state index in [4.69, 9.17) is 4.74 Å². The lowest BCUT2D eigenvalue weighted by Crippen LogP contribution is -2.45. The fourth-order valence-corrected chi connectivity index (χ4v) is 3.55. The van der Waals surface area contributed by atoms with Crippen molar-refractivity contribution in [3.05, 3.63) is 12.2 Å². The molecule has 1 unspecified atom stereocenters. The van der Waals surface area contributed by atoms with E-state index in [1.165, 1.54) is 17.1 Å². The Hall–Kier alpha value is -1.26. The molecule has 180 valence electrons. The first kappa shape index (κ1) is 29.7. The van der Waals surface area contributed by atoms with Gasteiger partial charge in [0.25, 0.3) is 11.8 Å². The quantitative estimate of drug-likeness (QED) is 0.395. The second kappa shape index (κ2) is 11.6. The van der Waals surface area contributed by atoms with Gasteiger partial charge >= 0.3 is 0 Å². The highest BCUT2D eigenvalue weighted by atomic mass is 31.0. The maximum Gasteiger partial charge on any atom is 0.253 e. The molecule has 0 aromatic heterocycles. The van der Waals surface area contributed by atoms with Crippen LogP contribution in [0.25, 0.3) is 0 Å². The van der Waals surface area contributed by atoms with E-state index >= 15 is 0 Å². The molecule has 0 aromatic carbocycles. The van der Waals surface area contributed by atoms with Gasteiger partial charge in [-0.2, -0.15) is 0 Å². The molecule has 0 aromatic rings. The van der Waals surface area contributed by atoms with E-state index in [1.807, 2.05) is 48.2 Å². The zero-order valence-corrected chi connectivity index (χ0v) is 22.5. The summed E-state index contributed by atoms with van der Waals surface area (Å²) in [5.41, 5.74) is -1.22. The summed E-state index contributed by atoms with van der Waals surface area (Å²) >= 11 is 0. The van der Waals surface area contributed by atoms with Gasteiger partial charge in [0.2, 0.25) is 5.91 Å². The Morgan fingerprint density at radius 2 is 1.45 bits per heavy atom. The number of hydrogen-bond acceptors (Lipinski definition) is 4. The normalized spacial score (nSPS) is 15.1. The van der Waals surface area contributed by atoms with Crippen LogP contribution in [0.2, 0.25) is 0 Å². The molecule has 0 saturated heterocycles. The minimum atomic E-state index is -0.626. The molecule has 1 aliphatic heterocycles. The maximum atomic E-state index is 12.8. The molecular formula is C24H45N2O4P. The summed E-state index contributed by atoms with van der Waals surface area (Å²) in [7, 11) is 2.42. The van der Waals surface area contributed by atoms with Gasteiger partial charge in [-0.25, -0.2) is 0 Å². The van der Waals surface area contributed by atoms with Crippen LogP contribution < -0.4 is 5.32 Å².